The summed E-state index contributed by atoms with van der Waals surface area (Å²) >= 11 is 0. The predicted molar refractivity (Wildman–Crippen MR) is 67.6 cm³/mol. The van der Waals surface area contributed by atoms with E-state index in [2.05, 4.69) is 5.16 Å². The van der Waals surface area contributed by atoms with Gasteiger partial charge in [0.1, 0.15) is 0 Å². The number of rotatable bonds is 6. The summed E-state index contributed by atoms with van der Waals surface area (Å²) in [7, 11) is 0. The summed E-state index contributed by atoms with van der Waals surface area (Å²) in [4.78, 5) is 15.1. The average molecular weight is 271 g/mol. The molecule has 0 aliphatic heterocycles. The van der Waals surface area contributed by atoms with Crippen molar-refractivity contribution in [2.45, 2.75) is 44.8 Å². The molecule has 0 radical (unpaired) electrons. The zero-order valence-corrected chi connectivity index (χ0v) is 11.0. The average Bonchev–Trinajstić information content (AvgIpc) is 2.55. The lowest BCUT2D eigenvalue weighted by atomic mass is 9.70. The molecule has 0 bridgehead atoms. The maximum absolute atomic E-state index is 10.3. The van der Waals surface area contributed by atoms with Crippen LogP contribution in [0.2, 0.25) is 0 Å². The number of aliphatic carboxylic acids is 1. The van der Waals surface area contributed by atoms with Gasteiger partial charge in [0.2, 0.25) is 6.61 Å². The summed E-state index contributed by atoms with van der Waals surface area (Å²) in [5.74, 6) is -0.191. The van der Waals surface area contributed by atoms with Crippen LogP contribution in [0, 0.1) is 17.8 Å². The lowest BCUT2D eigenvalue weighted by Gasteiger charge is -2.35. The number of nitrogens with zero attached hydrogens (tertiary/aromatic N) is 1. The monoisotopic (exact) mass is 271 g/mol. The van der Waals surface area contributed by atoms with Gasteiger partial charge in [0.05, 0.1) is 17.9 Å². The third kappa shape index (κ3) is 3.25. The van der Waals surface area contributed by atoms with Crippen molar-refractivity contribution >= 4 is 11.7 Å². The van der Waals surface area contributed by atoms with Crippen LogP contribution in [-0.2, 0) is 9.63 Å². The van der Waals surface area contributed by atoms with Gasteiger partial charge in [-0.1, -0.05) is 5.16 Å². The first-order valence-corrected chi connectivity index (χ1v) is 6.75. The second kappa shape index (κ2) is 5.88. The first kappa shape index (κ1) is 14.3. The third-order valence-corrected chi connectivity index (χ3v) is 4.22. The summed E-state index contributed by atoms with van der Waals surface area (Å²) < 4.78 is 0. The molecular formula is C13H21NO5. The molecule has 3 N–H and O–H groups in total. The Morgan fingerprint density at radius 1 is 1.58 bits per heavy atom. The van der Waals surface area contributed by atoms with Crippen LogP contribution in [0.1, 0.15) is 32.6 Å². The normalized spacial score (nSPS) is 36.7. The molecule has 2 rings (SSSR count). The highest BCUT2D eigenvalue weighted by molar-refractivity contribution is 5.93. The summed E-state index contributed by atoms with van der Waals surface area (Å²) in [6.07, 6.45) is 2.28. The van der Waals surface area contributed by atoms with E-state index in [0.717, 1.165) is 18.6 Å². The fourth-order valence-corrected chi connectivity index (χ4v) is 3.22. The van der Waals surface area contributed by atoms with Gasteiger partial charge in [0, 0.05) is 5.92 Å². The van der Waals surface area contributed by atoms with Crippen LogP contribution < -0.4 is 0 Å². The standard InChI is InChI=1S/C13H21NO5/c1-7(15)2-3-8-9-4-11(10(9)5-12(8)16)14-19-6-13(17)18/h7-10,12,15-16H,2-6H2,1H3,(H,17,18). The Morgan fingerprint density at radius 3 is 2.95 bits per heavy atom. The predicted octanol–water partition coefficient (Wildman–Crippen LogP) is 0.621. The molecule has 5 unspecified atom stereocenters. The van der Waals surface area contributed by atoms with Gasteiger partial charge in [-0.05, 0) is 44.4 Å². The number of carboxylic acid groups (broad SMARTS) is 1. The molecule has 2 fully saturated rings. The molecule has 2 aliphatic carbocycles. The quantitative estimate of drug-likeness (QED) is 0.615. The van der Waals surface area contributed by atoms with E-state index in [0.29, 0.717) is 18.8 Å². The van der Waals surface area contributed by atoms with Crippen LogP contribution in [0.5, 0.6) is 0 Å². The summed E-state index contributed by atoms with van der Waals surface area (Å²) in [6.45, 7) is 1.33. The van der Waals surface area contributed by atoms with Gasteiger partial charge >= 0.3 is 5.97 Å². The minimum Gasteiger partial charge on any atom is -0.479 e. The number of fused-ring (bicyclic) bond motifs is 1. The largest absolute Gasteiger partial charge is 0.479 e. The molecule has 0 heterocycles. The van der Waals surface area contributed by atoms with Crippen molar-refractivity contribution < 1.29 is 25.0 Å². The Morgan fingerprint density at radius 2 is 2.32 bits per heavy atom. The highest BCUT2D eigenvalue weighted by Crippen LogP contribution is 2.50. The molecule has 2 saturated carbocycles. The van der Waals surface area contributed by atoms with E-state index < -0.39 is 12.6 Å². The van der Waals surface area contributed by atoms with E-state index in [4.69, 9.17) is 9.94 Å². The lowest BCUT2D eigenvalue weighted by molar-refractivity contribution is -0.142. The maximum Gasteiger partial charge on any atom is 0.344 e. The third-order valence-electron chi connectivity index (χ3n) is 4.22. The van der Waals surface area contributed by atoms with Crippen LogP contribution >= 0.6 is 0 Å². The van der Waals surface area contributed by atoms with Crippen molar-refractivity contribution in [1.29, 1.82) is 0 Å². The first-order chi connectivity index (χ1) is 8.99. The van der Waals surface area contributed by atoms with E-state index in [1.165, 1.54) is 0 Å². The van der Waals surface area contributed by atoms with Crippen LogP contribution in [-0.4, -0.2) is 45.8 Å². The molecule has 0 aromatic heterocycles. The lowest BCUT2D eigenvalue weighted by Crippen LogP contribution is -2.37. The van der Waals surface area contributed by atoms with Crippen molar-refractivity contribution in [3.63, 3.8) is 0 Å². The second-order valence-corrected chi connectivity index (χ2v) is 5.62. The second-order valence-electron chi connectivity index (χ2n) is 5.62. The van der Waals surface area contributed by atoms with E-state index in [1.807, 2.05) is 0 Å². The Hall–Kier alpha value is -1.14. The van der Waals surface area contributed by atoms with E-state index >= 15 is 0 Å². The number of hydrogen-bond acceptors (Lipinski definition) is 5. The number of carboxylic acids is 1. The number of hydrogen-bond donors (Lipinski definition) is 3. The van der Waals surface area contributed by atoms with Crippen LogP contribution in [0.25, 0.3) is 0 Å². The molecule has 6 nitrogen and oxygen atoms in total. The van der Waals surface area contributed by atoms with Crippen LogP contribution in [0.15, 0.2) is 5.16 Å². The van der Waals surface area contributed by atoms with Crippen molar-refractivity contribution in [2.75, 3.05) is 6.61 Å². The van der Waals surface area contributed by atoms with E-state index in [-0.39, 0.29) is 24.0 Å². The number of oxime groups is 1. The minimum absolute atomic E-state index is 0.220. The zero-order chi connectivity index (χ0) is 14.0. The van der Waals surface area contributed by atoms with E-state index in [9.17, 15) is 15.0 Å². The fraction of sp³-hybridized carbons (Fsp3) is 0.846. The van der Waals surface area contributed by atoms with E-state index in [1.54, 1.807) is 6.92 Å². The summed E-state index contributed by atoms with van der Waals surface area (Å²) in [6, 6.07) is 0. The summed E-state index contributed by atoms with van der Waals surface area (Å²) in [5.41, 5.74) is 0.866. The SMILES string of the molecule is CC(O)CCC1C(O)CC2C(=NOCC(=O)O)CC21. The zero-order valence-electron chi connectivity index (χ0n) is 11.0. The molecule has 0 aromatic rings. The Bertz CT molecular complexity index is 368. The van der Waals surface area contributed by atoms with Gasteiger partial charge < -0.3 is 20.2 Å². The molecule has 5 atom stereocenters. The van der Waals surface area contributed by atoms with Crippen LogP contribution in [0.3, 0.4) is 0 Å². The topological polar surface area (TPSA) is 99.4 Å². The van der Waals surface area contributed by atoms with Gasteiger partial charge in [-0.25, -0.2) is 4.79 Å². The molecule has 0 saturated heterocycles. The molecule has 6 heteroatoms. The Labute approximate surface area is 112 Å². The van der Waals surface area contributed by atoms with Crippen molar-refractivity contribution in [3.8, 4) is 0 Å². The highest BCUT2D eigenvalue weighted by Gasteiger charge is 2.51. The highest BCUT2D eigenvalue weighted by atomic mass is 16.6. The van der Waals surface area contributed by atoms with Gasteiger partial charge in [-0.2, -0.15) is 0 Å². The number of aliphatic hydroxyl groups is 2. The first-order valence-electron chi connectivity index (χ1n) is 6.75. The maximum atomic E-state index is 10.3. The molecule has 108 valence electrons. The van der Waals surface area contributed by atoms with Gasteiger partial charge in [0.25, 0.3) is 0 Å². The van der Waals surface area contributed by atoms with Crippen molar-refractivity contribution in [3.05, 3.63) is 0 Å². The van der Waals surface area contributed by atoms with Crippen LogP contribution in [0.4, 0.5) is 0 Å². The van der Waals surface area contributed by atoms with Gasteiger partial charge in [-0.3, -0.25) is 0 Å². The molecule has 19 heavy (non-hydrogen) atoms. The minimum atomic E-state index is -1.04. The van der Waals surface area contributed by atoms with Gasteiger partial charge in [0.15, 0.2) is 0 Å². The fourth-order valence-electron chi connectivity index (χ4n) is 3.22. The molecular weight excluding hydrogens is 250 g/mol. The van der Waals surface area contributed by atoms with Crippen molar-refractivity contribution in [2.24, 2.45) is 22.9 Å². The number of carbonyl (C=O) groups is 1. The molecule has 0 aromatic carbocycles. The Balaban J connectivity index is 1.84. The molecule has 0 amide bonds. The molecule has 0 spiro atoms. The van der Waals surface area contributed by atoms with Gasteiger partial charge in [-0.15, -0.1) is 0 Å². The van der Waals surface area contributed by atoms with Crippen molar-refractivity contribution in [1.82, 2.24) is 0 Å². The Kier molecular flexibility index (Phi) is 4.42. The number of aliphatic hydroxyl groups excluding tert-OH is 2. The molecule has 2 aliphatic rings. The summed E-state index contributed by atoms with van der Waals surface area (Å²) in [5, 5.41) is 31.7. The smallest absolute Gasteiger partial charge is 0.344 e.